The van der Waals surface area contributed by atoms with Gasteiger partial charge in [-0.25, -0.2) is 4.98 Å². The first-order valence-electron chi connectivity index (χ1n) is 10.4. The molecular weight excluding hydrogens is 402 g/mol. The van der Waals surface area contributed by atoms with Crippen LogP contribution in [0.3, 0.4) is 0 Å². The number of rotatable bonds is 9. The summed E-state index contributed by atoms with van der Waals surface area (Å²) in [7, 11) is -1.32. The van der Waals surface area contributed by atoms with Crippen LogP contribution in [0.1, 0.15) is 38.3 Å². The highest BCUT2D eigenvalue weighted by Gasteiger charge is 2.33. The van der Waals surface area contributed by atoms with E-state index in [0.717, 1.165) is 43.5 Å². The molecular formula is C22H27N3O4S. The van der Waals surface area contributed by atoms with Crippen molar-refractivity contribution in [2.24, 2.45) is 0 Å². The van der Waals surface area contributed by atoms with Gasteiger partial charge in [0.25, 0.3) is 0 Å². The summed E-state index contributed by atoms with van der Waals surface area (Å²) in [6.45, 7) is 4.07. The van der Waals surface area contributed by atoms with Gasteiger partial charge in [0.15, 0.2) is 10.9 Å². The van der Waals surface area contributed by atoms with Gasteiger partial charge in [-0.05, 0) is 24.6 Å². The molecule has 1 saturated heterocycles. The SMILES string of the molecule is CCCC1(CCOc2ccnc(CS(=O)c3nc4ccccc4[nH]3)c2)OCCCO1. The lowest BCUT2D eigenvalue weighted by Gasteiger charge is -2.37. The zero-order valence-corrected chi connectivity index (χ0v) is 18.0. The van der Waals surface area contributed by atoms with Crippen LogP contribution in [0.25, 0.3) is 11.0 Å². The van der Waals surface area contributed by atoms with Crippen molar-refractivity contribution in [2.45, 2.75) is 49.3 Å². The molecule has 0 bridgehead atoms. The number of ether oxygens (including phenoxy) is 3. The van der Waals surface area contributed by atoms with E-state index in [0.29, 0.717) is 29.6 Å². The van der Waals surface area contributed by atoms with Crippen LogP contribution < -0.4 is 4.74 Å². The molecule has 0 saturated carbocycles. The number of H-pyrrole nitrogens is 1. The summed E-state index contributed by atoms with van der Waals surface area (Å²) in [5.41, 5.74) is 2.37. The number of aromatic nitrogens is 3. The average Bonchev–Trinajstić information content (AvgIpc) is 3.19. The number of benzene rings is 1. The molecule has 0 spiro atoms. The summed E-state index contributed by atoms with van der Waals surface area (Å²) < 4.78 is 30.5. The van der Waals surface area contributed by atoms with Gasteiger partial charge in [0.1, 0.15) is 5.75 Å². The van der Waals surface area contributed by atoms with Crippen LogP contribution in [0, 0.1) is 0 Å². The topological polar surface area (TPSA) is 86.3 Å². The average molecular weight is 430 g/mol. The Morgan fingerprint density at radius 3 is 2.83 bits per heavy atom. The summed E-state index contributed by atoms with van der Waals surface area (Å²) in [5, 5.41) is 0.456. The first-order valence-corrected chi connectivity index (χ1v) is 11.7. The van der Waals surface area contributed by atoms with Gasteiger partial charge in [-0.2, -0.15) is 0 Å². The molecule has 0 amide bonds. The van der Waals surface area contributed by atoms with Gasteiger partial charge in [-0.3, -0.25) is 9.19 Å². The lowest BCUT2D eigenvalue weighted by molar-refractivity contribution is -0.275. The summed E-state index contributed by atoms with van der Waals surface area (Å²) >= 11 is 0. The number of imidazole rings is 1. The largest absolute Gasteiger partial charge is 0.493 e. The summed E-state index contributed by atoms with van der Waals surface area (Å²) in [6, 6.07) is 11.3. The second kappa shape index (κ2) is 9.68. The third kappa shape index (κ3) is 5.06. The molecule has 1 N–H and O–H groups in total. The van der Waals surface area contributed by atoms with Crippen molar-refractivity contribution in [3.63, 3.8) is 0 Å². The Morgan fingerprint density at radius 1 is 1.20 bits per heavy atom. The highest BCUT2D eigenvalue weighted by molar-refractivity contribution is 7.84. The van der Waals surface area contributed by atoms with Crippen molar-refractivity contribution in [3.8, 4) is 5.75 Å². The van der Waals surface area contributed by atoms with Gasteiger partial charge in [0, 0.05) is 25.1 Å². The van der Waals surface area contributed by atoms with E-state index < -0.39 is 16.6 Å². The lowest BCUT2D eigenvalue weighted by atomic mass is 10.1. The van der Waals surface area contributed by atoms with E-state index in [1.165, 1.54) is 0 Å². The van der Waals surface area contributed by atoms with Crippen LogP contribution in [0.15, 0.2) is 47.8 Å². The van der Waals surface area contributed by atoms with Crippen LogP contribution in [0.5, 0.6) is 5.75 Å². The van der Waals surface area contributed by atoms with Crippen molar-refractivity contribution in [3.05, 3.63) is 48.3 Å². The van der Waals surface area contributed by atoms with Gasteiger partial charge < -0.3 is 19.2 Å². The predicted octanol–water partition coefficient (Wildman–Crippen LogP) is 3.97. The van der Waals surface area contributed by atoms with Crippen LogP contribution >= 0.6 is 0 Å². The van der Waals surface area contributed by atoms with Crippen molar-refractivity contribution < 1.29 is 18.4 Å². The quantitative estimate of drug-likeness (QED) is 0.554. The maximum Gasteiger partial charge on any atom is 0.197 e. The summed E-state index contributed by atoms with van der Waals surface area (Å²) in [6.07, 6.45) is 5.13. The fourth-order valence-electron chi connectivity index (χ4n) is 3.60. The number of aromatic amines is 1. The molecule has 0 aliphatic carbocycles. The Kier molecular flexibility index (Phi) is 6.76. The minimum Gasteiger partial charge on any atom is -0.493 e. The number of hydrogen-bond acceptors (Lipinski definition) is 6. The van der Waals surface area contributed by atoms with Crippen LogP contribution in [0.4, 0.5) is 0 Å². The number of pyridine rings is 1. The van der Waals surface area contributed by atoms with E-state index in [-0.39, 0.29) is 5.75 Å². The number of nitrogens with one attached hydrogen (secondary N) is 1. The van der Waals surface area contributed by atoms with Crippen LogP contribution in [0.2, 0.25) is 0 Å². The van der Waals surface area contributed by atoms with E-state index in [2.05, 4.69) is 21.9 Å². The zero-order chi connectivity index (χ0) is 20.8. The molecule has 8 heteroatoms. The van der Waals surface area contributed by atoms with E-state index in [9.17, 15) is 4.21 Å². The van der Waals surface area contributed by atoms with E-state index in [1.807, 2.05) is 36.4 Å². The second-order valence-electron chi connectivity index (χ2n) is 7.34. The Balaban J connectivity index is 1.35. The van der Waals surface area contributed by atoms with Crippen molar-refractivity contribution in [1.82, 2.24) is 15.0 Å². The predicted molar refractivity (Wildman–Crippen MR) is 115 cm³/mol. The molecule has 1 atom stereocenters. The maximum absolute atomic E-state index is 12.7. The van der Waals surface area contributed by atoms with Gasteiger partial charge in [0.05, 0.1) is 53.1 Å². The monoisotopic (exact) mass is 429 g/mol. The van der Waals surface area contributed by atoms with E-state index in [1.54, 1.807) is 6.20 Å². The van der Waals surface area contributed by atoms with Gasteiger partial charge in [-0.15, -0.1) is 0 Å². The number of para-hydroxylation sites is 2. The Labute approximate surface area is 178 Å². The summed E-state index contributed by atoms with van der Waals surface area (Å²) in [5.74, 6) is 0.429. The molecule has 1 unspecified atom stereocenters. The van der Waals surface area contributed by atoms with Gasteiger partial charge in [-0.1, -0.05) is 25.5 Å². The first kappa shape index (κ1) is 21.0. The van der Waals surface area contributed by atoms with Gasteiger partial charge >= 0.3 is 0 Å². The molecule has 1 aromatic carbocycles. The molecule has 4 rings (SSSR count). The van der Waals surface area contributed by atoms with Crippen LogP contribution in [-0.2, 0) is 26.0 Å². The summed E-state index contributed by atoms with van der Waals surface area (Å²) in [4.78, 5) is 11.9. The Hall–Kier alpha value is -2.29. The number of fused-ring (bicyclic) bond motifs is 1. The molecule has 3 aromatic rings. The highest BCUT2D eigenvalue weighted by Crippen LogP contribution is 2.28. The maximum atomic E-state index is 12.7. The van der Waals surface area contributed by atoms with Crippen molar-refractivity contribution in [2.75, 3.05) is 19.8 Å². The lowest BCUT2D eigenvalue weighted by Crippen LogP contribution is -2.41. The molecule has 1 fully saturated rings. The van der Waals surface area contributed by atoms with E-state index in [4.69, 9.17) is 14.2 Å². The minimum absolute atomic E-state index is 0.267. The van der Waals surface area contributed by atoms with Crippen molar-refractivity contribution in [1.29, 1.82) is 0 Å². The third-order valence-electron chi connectivity index (χ3n) is 5.05. The Morgan fingerprint density at radius 2 is 2.03 bits per heavy atom. The highest BCUT2D eigenvalue weighted by atomic mass is 32.2. The fourth-order valence-corrected chi connectivity index (χ4v) is 4.59. The first-order chi connectivity index (χ1) is 14.7. The zero-order valence-electron chi connectivity index (χ0n) is 17.1. The smallest absolute Gasteiger partial charge is 0.197 e. The van der Waals surface area contributed by atoms with Crippen molar-refractivity contribution >= 4 is 21.8 Å². The molecule has 1 aliphatic rings. The molecule has 2 aromatic heterocycles. The number of nitrogens with zero attached hydrogens (tertiary/aromatic N) is 2. The minimum atomic E-state index is -1.32. The molecule has 0 radical (unpaired) electrons. The third-order valence-corrected chi connectivity index (χ3v) is 6.23. The van der Waals surface area contributed by atoms with Crippen LogP contribution in [-0.4, -0.2) is 44.8 Å². The standard InChI is InChI=1S/C22H27N3O4S/c1-2-9-22(28-12-5-13-29-22)10-14-27-18-8-11-23-17(15-18)16-30(26)21-24-19-6-3-4-7-20(19)25-21/h3-4,6-8,11,15H,2,5,9-10,12-14,16H2,1H3,(H,24,25). The normalized spacial score (nSPS) is 17.1. The molecule has 1 aliphatic heterocycles. The van der Waals surface area contributed by atoms with Gasteiger partial charge in [0.2, 0.25) is 0 Å². The molecule has 160 valence electrons. The fraction of sp³-hybridized carbons (Fsp3) is 0.455. The Bertz CT molecular complexity index is 962. The second-order valence-corrected chi connectivity index (χ2v) is 8.71. The number of hydrogen-bond donors (Lipinski definition) is 1. The van der Waals surface area contributed by atoms with E-state index >= 15 is 0 Å². The molecule has 30 heavy (non-hydrogen) atoms. The molecule has 7 nitrogen and oxygen atoms in total. The molecule has 3 heterocycles.